The van der Waals surface area contributed by atoms with Crippen LogP contribution in [0.2, 0.25) is 0 Å². The number of hydrogen-bond donors (Lipinski definition) is 1. The van der Waals surface area contributed by atoms with Crippen LogP contribution in [-0.2, 0) is 16.4 Å². The third kappa shape index (κ3) is 3.56. The van der Waals surface area contributed by atoms with Crippen LogP contribution in [0.1, 0.15) is 16.8 Å². The van der Waals surface area contributed by atoms with Crippen LogP contribution in [0.5, 0.6) is 5.75 Å². The summed E-state index contributed by atoms with van der Waals surface area (Å²) >= 11 is 0. The highest BCUT2D eigenvalue weighted by molar-refractivity contribution is 7.87. The Bertz CT molecular complexity index is 1380. The number of piperazine rings is 1. The summed E-state index contributed by atoms with van der Waals surface area (Å²) in [5.41, 5.74) is 0.384. The van der Waals surface area contributed by atoms with E-state index in [1.165, 1.54) is 20.0 Å². The van der Waals surface area contributed by atoms with Gasteiger partial charge in [-0.1, -0.05) is 0 Å². The molecule has 0 bridgehead atoms. The van der Waals surface area contributed by atoms with E-state index < -0.39 is 27.7 Å². The van der Waals surface area contributed by atoms with Crippen molar-refractivity contribution >= 4 is 21.9 Å². The molecule has 3 aromatic rings. The number of fused-ring (bicyclic) bond motifs is 2. The van der Waals surface area contributed by atoms with Crippen LogP contribution in [0.15, 0.2) is 18.2 Å². The van der Waals surface area contributed by atoms with Gasteiger partial charge in [0.05, 0.1) is 17.3 Å². The molecule has 10 nitrogen and oxygen atoms in total. The molecule has 0 amide bonds. The lowest BCUT2D eigenvalue weighted by atomic mass is 10.00. The van der Waals surface area contributed by atoms with Gasteiger partial charge in [-0.15, -0.1) is 5.10 Å². The summed E-state index contributed by atoms with van der Waals surface area (Å²) in [6, 6.07) is 3.06. The Kier molecular flexibility index (Phi) is 5.04. The van der Waals surface area contributed by atoms with Crippen LogP contribution < -0.4 is 4.90 Å². The lowest BCUT2D eigenvalue weighted by molar-refractivity contribution is -0.137. The van der Waals surface area contributed by atoms with Crippen molar-refractivity contribution in [3.05, 3.63) is 35.0 Å². The molecule has 2 aliphatic rings. The maximum atomic E-state index is 13.1. The average molecular weight is 498 g/mol. The number of aromatic nitrogens is 4. The summed E-state index contributed by atoms with van der Waals surface area (Å²) in [6.07, 6.45) is -4.58. The van der Waals surface area contributed by atoms with Crippen LogP contribution in [0.3, 0.4) is 0 Å². The van der Waals surface area contributed by atoms with Crippen molar-refractivity contribution in [3.8, 4) is 17.0 Å². The molecule has 2 saturated heterocycles. The Morgan fingerprint density at radius 3 is 2.50 bits per heavy atom. The zero-order valence-corrected chi connectivity index (χ0v) is 19.4. The summed E-state index contributed by atoms with van der Waals surface area (Å²) in [5.74, 6) is 0.0843. The van der Waals surface area contributed by atoms with Gasteiger partial charge in [-0.3, -0.25) is 0 Å². The van der Waals surface area contributed by atoms with Crippen LogP contribution in [0.4, 0.5) is 19.1 Å². The van der Waals surface area contributed by atoms with Crippen molar-refractivity contribution in [2.24, 2.45) is 0 Å². The summed E-state index contributed by atoms with van der Waals surface area (Å²) in [5, 5.41) is 14.9. The molecule has 34 heavy (non-hydrogen) atoms. The van der Waals surface area contributed by atoms with E-state index in [1.54, 1.807) is 20.0 Å². The Morgan fingerprint density at radius 1 is 1.09 bits per heavy atom. The number of likely N-dealkylation sites (N-methyl/N-ethyl adjacent to an activating group) is 1. The van der Waals surface area contributed by atoms with Crippen molar-refractivity contribution in [1.82, 2.24) is 28.2 Å². The second kappa shape index (κ2) is 7.52. The number of hydrogen-bond acceptors (Lipinski definition) is 7. The third-order valence-electron chi connectivity index (χ3n) is 6.25. The maximum Gasteiger partial charge on any atom is 0.416 e. The van der Waals surface area contributed by atoms with Crippen LogP contribution >= 0.6 is 0 Å². The Labute approximate surface area is 193 Å². The third-order valence-corrected chi connectivity index (χ3v) is 8.26. The molecule has 182 valence electrons. The number of nitrogens with zero attached hydrogens (tertiary/aromatic N) is 7. The molecule has 1 N–H and O–H groups in total. The minimum atomic E-state index is -4.58. The molecule has 0 unspecified atom stereocenters. The quantitative estimate of drug-likeness (QED) is 0.576. The van der Waals surface area contributed by atoms with Gasteiger partial charge in [0.25, 0.3) is 16.0 Å². The van der Waals surface area contributed by atoms with Gasteiger partial charge in [0.15, 0.2) is 0 Å². The highest BCUT2D eigenvalue weighted by Crippen LogP contribution is 2.38. The van der Waals surface area contributed by atoms with Crippen molar-refractivity contribution in [1.29, 1.82) is 0 Å². The summed E-state index contributed by atoms with van der Waals surface area (Å²) in [7, 11) is -1.88. The molecule has 2 fully saturated rings. The number of rotatable bonds is 2. The van der Waals surface area contributed by atoms with Crippen molar-refractivity contribution in [3.63, 3.8) is 0 Å². The molecule has 2 aromatic heterocycles. The van der Waals surface area contributed by atoms with E-state index in [0.717, 1.165) is 6.07 Å². The molecule has 0 aliphatic carbocycles. The van der Waals surface area contributed by atoms with Gasteiger partial charge in [-0.2, -0.15) is 39.7 Å². The van der Waals surface area contributed by atoms with Gasteiger partial charge < -0.3 is 10.0 Å². The van der Waals surface area contributed by atoms with Gasteiger partial charge in [-0.25, -0.2) is 4.98 Å². The normalized spacial score (nSPS) is 21.4. The Balaban J connectivity index is 1.49. The first kappa shape index (κ1) is 22.8. The number of benzene rings is 1. The predicted octanol–water partition coefficient (Wildman–Crippen LogP) is 1.81. The molecule has 0 radical (unpaired) electrons. The molecule has 2 aliphatic heterocycles. The monoisotopic (exact) mass is 497 g/mol. The first-order valence-electron chi connectivity index (χ1n) is 10.5. The van der Waals surface area contributed by atoms with Gasteiger partial charge in [0.2, 0.25) is 5.95 Å². The first-order chi connectivity index (χ1) is 15.9. The van der Waals surface area contributed by atoms with E-state index in [2.05, 4.69) is 15.1 Å². The van der Waals surface area contributed by atoms with Crippen molar-refractivity contribution in [2.45, 2.75) is 26.1 Å². The van der Waals surface area contributed by atoms with E-state index in [-0.39, 0.29) is 28.6 Å². The minimum Gasteiger partial charge on any atom is -0.507 e. The number of halogens is 3. The molecule has 4 heterocycles. The molecule has 1 atom stereocenters. The molecular formula is C20H22F3N7O3S. The fourth-order valence-electron chi connectivity index (χ4n) is 4.57. The number of aromatic hydroxyl groups is 1. The Hall–Kier alpha value is -2.97. The molecule has 0 saturated carbocycles. The second-order valence-electron chi connectivity index (χ2n) is 8.59. The number of anilines is 1. The van der Waals surface area contributed by atoms with Gasteiger partial charge >= 0.3 is 6.18 Å². The van der Waals surface area contributed by atoms with Gasteiger partial charge in [0, 0.05) is 44.5 Å². The SMILES string of the molecule is Cc1cc(C(F)(F)F)cc(O)c1-c1cc(C)n2nc(N3CCN4[C@@H](C3)CN(C)S4(=O)=O)nc2n1. The fourth-order valence-corrected chi connectivity index (χ4v) is 6.11. The molecule has 1 aromatic carbocycles. The summed E-state index contributed by atoms with van der Waals surface area (Å²) in [4.78, 5) is 10.8. The topological polar surface area (TPSA) is 107 Å². The number of phenolic OH excluding ortho intramolecular Hbond substituents is 1. The molecule has 14 heteroatoms. The molecular weight excluding hydrogens is 475 g/mol. The second-order valence-corrected chi connectivity index (χ2v) is 10.6. The predicted molar refractivity (Wildman–Crippen MR) is 117 cm³/mol. The maximum absolute atomic E-state index is 13.1. The van der Waals surface area contributed by atoms with Gasteiger partial charge in [0.1, 0.15) is 5.75 Å². The summed E-state index contributed by atoms with van der Waals surface area (Å²) in [6.45, 7) is 4.75. The van der Waals surface area contributed by atoms with E-state index in [4.69, 9.17) is 0 Å². The smallest absolute Gasteiger partial charge is 0.416 e. The van der Waals surface area contributed by atoms with Crippen LogP contribution in [0, 0.1) is 13.8 Å². The largest absolute Gasteiger partial charge is 0.507 e. The Morgan fingerprint density at radius 2 is 1.82 bits per heavy atom. The lowest BCUT2D eigenvalue weighted by Crippen LogP contribution is -2.52. The highest BCUT2D eigenvalue weighted by atomic mass is 32.2. The lowest BCUT2D eigenvalue weighted by Gasteiger charge is -2.34. The van der Waals surface area contributed by atoms with Crippen molar-refractivity contribution < 1.29 is 26.7 Å². The highest BCUT2D eigenvalue weighted by Gasteiger charge is 2.45. The van der Waals surface area contributed by atoms with E-state index in [1.807, 2.05) is 4.90 Å². The van der Waals surface area contributed by atoms with Crippen LogP contribution in [0.25, 0.3) is 17.0 Å². The van der Waals surface area contributed by atoms with E-state index in [0.29, 0.717) is 43.9 Å². The molecule has 5 rings (SSSR count). The first-order valence-corrected chi connectivity index (χ1v) is 11.9. The van der Waals surface area contributed by atoms with E-state index in [9.17, 15) is 26.7 Å². The average Bonchev–Trinajstić information content (AvgIpc) is 3.26. The fraction of sp³-hybridized carbons (Fsp3) is 0.450. The van der Waals surface area contributed by atoms with Crippen molar-refractivity contribution in [2.75, 3.05) is 38.1 Å². The van der Waals surface area contributed by atoms with Gasteiger partial charge in [-0.05, 0) is 37.6 Å². The number of alkyl halides is 3. The van der Waals surface area contributed by atoms with Crippen LogP contribution in [-0.4, -0.2) is 81.0 Å². The zero-order chi connectivity index (χ0) is 24.6. The minimum absolute atomic E-state index is 0.191. The summed E-state index contributed by atoms with van der Waals surface area (Å²) < 4.78 is 68.3. The number of phenols is 1. The zero-order valence-electron chi connectivity index (χ0n) is 18.6. The number of aryl methyl sites for hydroxylation is 2. The standard InChI is InChI=1S/C20H22F3N7O3S/c1-11-6-13(20(21,22)23)8-16(31)17(11)15-7-12(2)30-18(24-15)25-19(26-30)28-4-5-29-14(10-28)9-27(3)34(29,32)33/h6-8,14,31H,4-5,9-10H2,1-3H3/t14-/m1/s1. The van der Waals surface area contributed by atoms with E-state index >= 15 is 0 Å². The molecule has 0 spiro atoms.